The minimum Gasteiger partial charge on any atom is -0.447 e. The van der Waals surface area contributed by atoms with Crippen molar-refractivity contribution in [1.82, 2.24) is 14.6 Å². The predicted octanol–water partition coefficient (Wildman–Crippen LogP) is 2.83. The van der Waals surface area contributed by atoms with E-state index in [1.54, 1.807) is 37.6 Å². The molecule has 0 spiro atoms. The zero-order valence-electron chi connectivity index (χ0n) is 12.1. The third-order valence-corrected chi connectivity index (χ3v) is 3.53. The molecule has 0 unspecified atom stereocenters. The Morgan fingerprint density at radius 3 is 2.95 bits per heavy atom. The molecule has 7 nitrogen and oxygen atoms in total. The van der Waals surface area contributed by atoms with E-state index in [1.165, 1.54) is 16.0 Å². The quantitative estimate of drug-likeness (QED) is 0.724. The SMILES string of the molecule is CC(C)OC(=O)Nc1ccc2c(c1)nc(-c1cscn1)n2N. The highest BCUT2D eigenvalue weighted by Crippen LogP contribution is 2.24. The van der Waals surface area contributed by atoms with E-state index >= 15 is 0 Å². The summed E-state index contributed by atoms with van der Waals surface area (Å²) < 4.78 is 6.53. The molecule has 8 heteroatoms. The number of nitrogens with two attached hydrogens (primary N) is 1. The van der Waals surface area contributed by atoms with Gasteiger partial charge in [0, 0.05) is 11.1 Å². The van der Waals surface area contributed by atoms with Gasteiger partial charge in [0.1, 0.15) is 5.69 Å². The molecule has 0 aliphatic heterocycles. The molecule has 3 rings (SSSR count). The number of rotatable bonds is 3. The summed E-state index contributed by atoms with van der Waals surface area (Å²) in [6, 6.07) is 5.29. The molecule has 1 amide bonds. The van der Waals surface area contributed by atoms with E-state index in [2.05, 4.69) is 15.3 Å². The number of aromatic nitrogens is 3. The number of ether oxygens (including phenoxy) is 1. The second-order valence-electron chi connectivity index (χ2n) is 4.96. The first-order valence-corrected chi connectivity index (χ1v) is 7.62. The third kappa shape index (κ3) is 2.73. The van der Waals surface area contributed by atoms with Gasteiger partial charge in [0.05, 0.1) is 22.6 Å². The van der Waals surface area contributed by atoms with Crippen LogP contribution in [0.1, 0.15) is 13.8 Å². The second-order valence-corrected chi connectivity index (χ2v) is 5.68. The normalized spacial score (nSPS) is 11.0. The number of amides is 1. The highest BCUT2D eigenvalue weighted by molar-refractivity contribution is 7.07. The molecule has 114 valence electrons. The zero-order chi connectivity index (χ0) is 15.7. The van der Waals surface area contributed by atoms with Crippen LogP contribution < -0.4 is 11.2 Å². The lowest BCUT2D eigenvalue weighted by Gasteiger charge is -2.09. The molecule has 0 radical (unpaired) electrons. The fourth-order valence-corrected chi connectivity index (χ4v) is 2.57. The van der Waals surface area contributed by atoms with Gasteiger partial charge in [0.25, 0.3) is 0 Å². The van der Waals surface area contributed by atoms with E-state index in [0.29, 0.717) is 17.0 Å². The molecular formula is C14H15N5O2S. The Bertz CT molecular complexity index is 810. The van der Waals surface area contributed by atoms with Crippen molar-refractivity contribution in [1.29, 1.82) is 0 Å². The number of imidazole rings is 1. The van der Waals surface area contributed by atoms with Crippen molar-refractivity contribution < 1.29 is 9.53 Å². The first-order chi connectivity index (χ1) is 10.5. The maximum absolute atomic E-state index is 11.6. The number of benzene rings is 1. The number of anilines is 1. The summed E-state index contributed by atoms with van der Waals surface area (Å²) in [5.74, 6) is 6.64. The maximum Gasteiger partial charge on any atom is 0.411 e. The van der Waals surface area contributed by atoms with Crippen LogP contribution in [0.4, 0.5) is 10.5 Å². The number of hydrogen-bond donors (Lipinski definition) is 2. The average molecular weight is 317 g/mol. The summed E-state index contributed by atoms with van der Waals surface area (Å²) in [4.78, 5) is 20.3. The number of hydrogen-bond acceptors (Lipinski definition) is 6. The summed E-state index contributed by atoms with van der Waals surface area (Å²) in [5, 5.41) is 4.54. The van der Waals surface area contributed by atoms with Crippen molar-refractivity contribution in [2.24, 2.45) is 0 Å². The highest BCUT2D eigenvalue weighted by atomic mass is 32.1. The summed E-state index contributed by atoms with van der Waals surface area (Å²) in [7, 11) is 0. The van der Waals surface area contributed by atoms with Crippen molar-refractivity contribution in [3.8, 4) is 11.5 Å². The van der Waals surface area contributed by atoms with Crippen molar-refractivity contribution in [3.05, 3.63) is 29.1 Å². The molecule has 0 aliphatic carbocycles. The van der Waals surface area contributed by atoms with Gasteiger partial charge in [-0.3, -0.25) is 5.32 Å². The third-order valence-electron chi connectivity index (χ3n) is 2.94. The molecule has 3 aromatic rings. The summed E-state index contributed by atoms with van der Waals surface area (Å²) in [5.41, 5.74) is 4.47. The summed E-state index contributed by atoms with van der Waals surface area (Å²) in [6.07, 6.45) is -0.676. The van der Waals surface area contributed by atoms with E-state index in [4.69, 9.17) is 10.6 Å². The molecule has 2 heterocycles. The standard InChI is InChI=1S/C14H15N5O2S/c1-8(2)21-14(20)17-9-3-4-12-10(5-9)18-13(19(12)15)11-6-22-7-16-11/h3-8H,15H2,1-2H3,(H,17,20). The lowest BCUT2D eigenvalue weighted by molar-refractivity contribution is 0.130. The maximum atomic E-state index is 11.6. The number of thiazole rings is 1. The molecular weight excluding hydrogens is 302 g/mol. The summed E-state index contributed by atoms with van der Waals surface area (Å²) in [6.45, 7) is 3.58. The van der Waals surface area contributed by atoms with Gasteiger partial charge in [-0.2, -0.15) is 0 Å². The minimum absolute atomic E-state index is 0.178. The van der Waals surface area contributed by atoms with Gasteiger partial charge in [0.15, 0.2) is 5.82 Å². The second kappa shape index (κ2) is 5.64. The van der Waals surface area contributed by atoms with Crippen LogP contribution >= 0.6 is 11.3 Å². The fraction of sp³-hybridized carbons (Fsp3) is 0.214. The van der Waals surface area contributed by atoms with Gasteiger partial charge in [-0.05, 0) is 32.0 Å². The van der Waals surface area contributed by atoms with Crippen LogP contribution in [0.25, 0.3) is 22.6 Å². The number of fused-ring (bicyclic) bond motifs is 1. The number of carbonyl (C=O) groups excluding carboxylic acids is 1. The highest BCUT2D eigenvalue weighted by Gasteiger charge is 2.13. The molecule has 3 N–H and O–H groups in total. The molecule has 22 heavy (non-hydrogen) atoms. The Morgan fingerprint density at radius 2 is 2.27 bits per heavy atom. The smallest absolute Gasteiger partial charge is 0.411 e. The molecule has 0 fully saturated rings. The van der Waals surface area contributed by atoms with Crippen LogP contribution in [0.3, 0.4) is 0 Å². The molecule has 0 atom stereocenters. The number of nitrogens with zero attached hydrogens (tertiary/aromatic N) is 3. The first-order valence-electron chi connectivity index (χ1n) is 6.68. The summed E-state index contributed by atoms with van der Waals surface area (Å²) >= 11 is 1.48. The Labute approximate surface area is 130 Å². The first kappa shape index (κ1) is 14.3. The van der Waals surface area contributed by atoms with Gasteiger partial charge < -0.3 is 10.6 Å². The Kier molecular flexibility index (Phi) is 3.68. The molecule has 0 saturated heterocycles. The van der Waals surface area contributed by atoms with Crippen LogP contribution in [0, 0.1) is 0 Å². The van der Waals surface area contributed by atoms with Crippen molar-refractivity contribution >= 4 is 34.2 Å². The topological polar surface area (TPSA) is 95.1 Å². The Hall–Kier alpha value is -2.61. The van der Waals surface area contributed by atoms with Gasteiger partial charge in [-0.15, -0.1) is 11.3 Å². The number of nitrogen functional groups attached to an aromatic ring is 1. The fourth-order valence-electron chi connectivity index (χ4n) is 2.04. The van der Waals surface area contributed by atoms with Crippen LogP contribution in [-0.2, 0) is 4.74 Å². The molecule has 0 aliphatic rings. The average Bonchev–Trinajstić information content (AvgIpc) is 3.06. The molecule has 2 aromatic heterocycles. The minimum atomic E-state index is -0.499. The predicted molar refractivity (Wildman–Crippen MR) is 86.2 cm³/mol. The molecule has 0 bridgehead atoms. The monoisotopic (exact) mass is 317 g/mol. The lowest BCUT2D eigenvalue weighted by atomic mass is 10.3. The van der Waals surface area contributed by atoms with E-state index in [9.17, 15) is 4.79 Å². The van der Waals surface area contributed by atoms with Crippen LogP contribution in [-0.4, -0.2) is 26.8 Å². The van der Waals surface area contributed by atoms with Gasteiger partial charge in [0.2, 0.25) is 0 Å². The van der Waals surface area contributed by atoms with Crippen LogP contribution in [0.15, 0.2) is 29.1 Å². The van der Waals surface area contributed by atoms with Gasteiger partial charge >= 0.3 is 6.09 Å². The largest absolute Gasteiger partial charge is 0.447 e. The van der Waals surface area contributed by atoms with Crippen LogP contribution in [0.5, 0.6) is 0 Å². The number of carbonyl (C=O) groups is 1. The van der Waals surface area contributed by atoms with Gasteiger partial charge in [-0.1, -0.05) is 0 Å². The van der Waals surface area contributed by atoms with Crippen molar-refractivity contribution in [2.45, 2.75) is 20.0 Å². The zero-order valence-corrected chi connectivity index (χ0v) is 12.9. The van der Waals surface area contributed by atoms with E-state index in [1.807, 2.05) is 5.38 Å². The number of nitrogens with one attached hydrogen (secondary N) is 1. The molecule has 0 saturated carbocycles. The van der Waals surface area contributed by atoms with E-state index < -0.39 is 6.09 Å². The van der Waals surface area contributed by atoms with E-state index in [0.717, 1.165) is 11.2 Å². The van der Waals surface area contributed by atoms with Crippen molar-refractivity contribution in [2.75, 3.05) is 11.2 Å². The van der Waals surface area contributed by atoms with Crippen LogP contribution in [0.2, 0.25) is 0 Å². The van der Waals surface area contributed by atoms with Gasteiger partial charge in [-0.25, -0.2) is 19.4 Å². The van der Waals surface area contributed by atoms with Crippen molar-refractivity contribution in [3.63, 3.8) is 0 Å². The molecule has 1 aromatic carbocycles. The lowest BCUT2D eigenvalue weighted by Crippen LogP contribution is -2.17. The Morgan fingerprint density at radius 1 is 1.45 bits per heavy atom. The van der Waals surface area contributed by atoms with E-state index in [-0.39, 0.29) is 6.10 Å². The Balaban J connectivity index is 1.92.